The predicted molar refractivity (Wildman–Crippen MR) is 72.6 cm³/mol. The zero-order valence-corrected chi connectivity index (χ0v) is 12.2. The van der Waals surface area contributed by atoms with Gasteiger partial charge in [-0.15, -0.1) is 11.3 Å². The second-order valence-corrected chi connectivity index (χ2v) is 5.77. The van der Waals surface area contributed by atoms with E-state index in [0.29, 0.717) is 5.56 Å². The van der Waals surface area contributed by atoms with Crippen molar-refractivity contribution in [1.29, 1.82) is 0 Å². The van der Waals surface area contributed by atoms with E-state index in [4.69, 9.17) is 5.84 Å². The molecule has 2 nitrogen and oxygen atoms in total. The average Bonchev–Trinajstić information content (AvgIpc) is 2.75. The van der Waals surface area contributed by atoms with Crippen LogP contribution in [-0.4, -0.2) is 0 Å². The number of hydrogen-bond acceptors (Lipinski definition) is 3. The van der Waals surface area contributed by atoms with Gasteiger partial charge in [-0.25, -0.2) is 9.82 Å². The predicted octanol–water partition coefficient (Wildman–Crippen LogP) is 4.22. The van der Waals surface area contributed by atoms with Crippen LogP contribution in [0.2, 0.25) is 0 Å². The zero-order chi connectivity index (χ0) is 14.9. The summed E-state index contributed by atoms with van der Waals surface area (Å²) in [7, 11) is 0. The van der Waals surface area contributed by atoms with Crippen LogP contribution in [0.15, 0.2) is 34.1 Å². The van der Waals surface area contributed by atoms with E-state index in [-0.39, 0.29) is 0 Å². The van der Waals surface area contributed by atoms with Crippen LogP contribution in [0.25, 0.3) is 0 Å². The molecule has 1 aromatic carbocycles. The summed E-state index contributed by atoms with van der Waals surface area (Å²) in [4.78, 5) is 0.756. The monoisotopic (exact) mass is 368 g/mol. The number of nitrogens with one attached hydrogen (secondary N) is 1. The number of hydrogen-bond donors (Lipinski definition) is 2. The summed E-state index contributed by atoms with van der Waals surface area (Å²) < 4.78 is 51.9. The summed E-state index contributed by atoms with van der Waals surface area (Å²) in [6.45, 7) is 0. The third kappa shape index (κ3) is 3.03. The van der Waals surface area contributed by atoms with Gasteiger partial charge in [0, 0.05) is 9.35 Å². The second kappa shape index (κ2) is 5.80. The maximum absolute atomic E-state index is 13.6. The summed E-state index contributed by atoms with van der Waals surface area (Å²) in [6, 6.07) is 3.98. The Labute approximate surface area is 124 Å². The van der Waals surface area contributed by atoms with Gasteiger partial charge < -0.3 is 0 Å². The molecular formula is C12H9BrF4N2S. The van der Waals surface area contributed by atoms with Crippen LogP contribution >= 0.6 is 27.3 Å². The van der Waals surface area contributed by atoms with Crippen LogP contribution in [0.4, 0.5) is 17.6 Å². The molecule has 108 valence electrons. The number of alkyl halides is 3. The number of halogens is 5. The Balaban J connectivity index is 2.43. The van der Waals surface area contributed by atoms with Gasteiger partial charge in [-0.2, -0.15) is 13.2 Å². The fraction of sp³-hybridized carbons (Fsp3) is 0.167. The molecule has 1 unspecified atom stereocenters. The standard InChI is InChI=1S/C12H9BrF4N2S/c13-8-3-4-20-11(8)10(19-18)6-1-2-7(9(14)5-6)12(15,16)17/h1-5,10,19H,18H2. The zero-order valence-electron chi connectivity index (χ0n) is 9.84. The number of thiophene rings is 1. The van der Waals surface area contributed by atoms with Gasteiger partial charge in [0.25, 0.3) is 0 Å². The minimum Gasteiger partial charge on any atom is -0.271 e. The Kier molecular flexibility index (Phi) is 4.48. The summed E-state index contributed by atoms with van der Waals surface area (Å²) in [5.41, 5.74) is 1.51. The fourth-order valence-electron chi connectivity index (χ4n) is 1.78. The van der Waals surface area contributed by atoms with Crippen LogP contribution in [-0.2, 0) is 6.18 Å². The molecule has 0 aliphatic rings. The molecule has 0 aliphatic carbocycles. The van der Waals surface area contributed by atoms with Crippen molar-refractivity contribution < 1.29 is 17.6 Å². The van der Waals surface area contributed by atoms with Gasteiger partial charge in [0.15, 0.2) is 0 Å². The maximum atomic E-state index is 13.6. The Morgan fingerprint density at radius 2 is 1.95 bits per heavy atom. The van der Waals surface area contributed by atoms with E-state index in [1.807, 2.05) is 0 Å². The Morgan fingerprint density at radius 3 is 2.40 bits per heavy atom. The highest BCUT2D eigenvalue weighted by Crippen LogP contribution is 2.36. The lowest BCUT2D eigenvalue weighted by Gasteiger charge is -2.17. The third-order valence-electron chi connectivity index (χ3n) is 2.71. The first-order valence-corrected chi connectivity index (χ1v) is 7.07. The summed E-state index contributed by atoms with van der Waals surface area (Å²) >= 11 is 4.67. The van der Waals surface area contributed by atoms with E-state index >= 15 is 0 Å². The topological polar surface area (TPSA) is 38.0 Å². The van der Waals surface area contributed by atoms with Crippen LogP contribution in [0.1, 0.15) is 22.0 Å². The van der Waals surface area contributed by atoms with Gasteiger partial charge in [-0.1, -0.05) is 6.07 Å². The molecule has 0 saturated carbocycles. The smallest absolute Gasteiger partial charge is 0.271 e. The first-order valence-electron chi connectivity index (χ1n) is 5.40. The highest BCUT2D eigenvalue weighted by molar-refractivity contribution is 9.10. The van der Waals surface area contributed by atoms with Crippen LogP contribution in [0, 0.1) is 5.82 Å². The van der Waals surface area contributed by atoms with Gasteiger partial charge in [-0.3, -0.25) is 5.84 Å². The molecule has 20 heavy (non-hydrogen) atoms. The molecule has 0 fully saturated rings. The Hall–Kier alpha value is -0.960. The molecule has 0 radical (unpaired) electrons. The van der Waals surface area contributed by atoms with Crippen molar-refractivity contribution in [2.45, 2.75) is 12.2 Å². The number of hydrazine groups is 1. The van der Waals surface area contributed by atoms with E-state index in [0.717, 1.165) is 21.5 Å². The average molecular weight is 369 g/mol. The summed E-state index contributed by atoms with van der Waals surface area (Å²) in [6.07, 6.45) is -4.71. The van der Waals surface area contributed by atoms with E-state index in [9.17, 15) is 17.6 Å². The molecule has 0 spiro atoms. The highest BCUT2D eigenvalue weighted by atomic mass is 79.9. The van der Waals surface area contributed by atoms with E-state index in [2.05, 4.69) is 21.4 Å². The van der Waals surface area contributed by atoms with Crippen molar-refractivity contribution in [3.63, 3.8) is 0 Å². The lowest BCUT2D eigenvalue weighted by Crippen LogP contribution is -2.28. The molecule has 3 N–H and O–H groups in total. The molecule has 1 heterocycles. The third-order valence-corrected chi connectivity index (χ3v) is 4.64. The molecular weight excluding hydrogens is 360 g/mol. The van der Waals surface area contributed by atoms with E-state index in [1.54, 1.807) is 11.4 Å². The molecule has 8 heteroatoms. The number of nitrogens with two attached hydrogens (primary N) is 1. The van der Waals surface area contributed by atoms with Gasteiger partial charge in [-0.05, 0) is 45.1 Å². The number of benzene rings is 1. The highest BCUT2D eigenvalue weighted by Gasteiger charge is 2.34. The lowest BCUT2D eigenvalue weighted by molar-refractivity contribution is -0.140. The minimum atomic E-state index is -4.71. The molecule has 0 bridgehead atoms. The van der Waals surface area contributed by atoms with Gasteiger partial charge in [0.2, 0.25) is 0 Å². The quantitative estimate of drug-likeness (QED) is 0.483. The van der Waals surface area contributed by atoms with Crippen molar-refractivity contribution in [2.24, 2.45) is 5.84 Å². The van der Waals surface area contributed by atoms with Crippen LogP contribution in [0.5, 0.6) is 0 Å². The van der Waals surface area contributed by atoms with E-state index in [1.165, 1.54) is 17.4 Å². The van der Waals surface area contributed by atoms with Crippen LogP contribution < -0.4 is 11.3 Å². The SMILES string of the molecule is NNC(c1ccc(C(F)(F)F)c(F)c1)c1sccc1Br. The first kappa shape index (κ1) is 15.4. The first-order chi connectivity index (χ1) is 9.34. The normalized spacial score (nSPS) is 13.5. The van der Waals surface area contributed by atoms with Crippen molar-refractivity contribution >= 4 is 27.3 Å². The molecule has 0 amide bonds. The van der Waals surface area contributed by atoms with Crippen molar-refractivity contribution in [2.75, 3.05) is 0 Å². The van der Waals surface area contributed by atoms with Crippen molar-refractivity contribution in [1.82, 2.24) is 5.43 Å². The molecule has 0 saturated heterocycles. The number of rotatable bonds is 3. The van der Waals surface area contributed by atoms with Crippen molar-refractivity contribution in [3.05, 3.63) is 55.9 Å². The lowest BCUT2D eigenvalue weighted by atomic mass is 10.0. The Morgan fingerprint density at radius 1 is 1.25 bits per heavy atom. The fourth-order valence-corrected chi connectivity index (χ4v) is 3.46. The van der Waals surface area contributed by atoms with Crippen molar-refractivity contribution in [3.8, 4) is 0 Å². The molecule has 0 aliphatic heterocycles. The van der Waals surface area contributed by atoms with Gasteiger partial charge >= 0.3 is 6.18 Å². The molecule has 2 rings (SSSR count). The molecule has 2 aromatic rings. The van der Waals surface area contributed by atoms with Gasteiger partial charge in [0.1, 0.15) is 5.82 Å². The van der Waals surface area contributed by atoms with Gasteiger partial charge in [0.05, 0.1) is 11.6 Å². The largest absolute Gasteiger partial charge is 0.419 e. The van der Waals surface area contributed by atoms with E-state index < -0.39 is 23.6 Å². The van der Waals surface area contributed by atoms with Crippen LogP contribution in [0.3, 0.4) is 0 Å². The summed E-state index contributed by atoms with van der Waals surface area (Å²) in [5, 5.41) is 1.80. The molecule has 1 atom stereocenters. The maximum Gasteiger partial charge on any atom is 0.419 e. The minimum absolute atomic E-state index is 0.321. The summed E-state index contributed by atoms with van der Waals surface area (Å²) in [5.74, 6) is 4.11. The Bertz CT molecular complexity index is 612. The molecule has 1 aromatic heterocycles. The second-order valence-electron chi connectivity index (χ2n) is 3.97.